The number of rotatable bonds is 3. The largest absolute Gasteiger partial charge is 0.342 e. The Hall–Kier alpha value is -3.15. The van der Waals surface area contributed by atoms with Crippen LogP contribution < -0.4 is 0 Å². The normalized spacial score (nSPS) is 14.6. The average molecular weight is 362 g/mol. The number of benzene rings is 2. The van der Waals surface area contributed by atoms with E-state index in [0.717, 1.165) is 22.4 Å². The molecule has 6 heteroatoms. The minimum Gasteiger partial charge on any atom is -0.342 e. The van der Waals surface area contributed by atoms with Crippen molar-refractivity contribution in [1.29, 1.82) is 0 Å². The van der Waals surface area contributed by atoms with Crippen LogP contribution in [0.15, 0.2) is 48.5 Å². The fourth-order valence-electron chi connectivity index (χ4n) is 3.50. The van der Waals surface area contributed by atoms with Gasteiger partial charge >= 0.3 is 0 Å². The van der Waals surface area contributed by atoms with Crippen molar-refractivity contribution in [1.82, 2.24) is 19.8 Å². The number of hydrogen-bond acceptors (Lipinski definition) is 3. The number of hydrogen-bond donors (Lipinski definition) is 1. The van der Waals surface area contributed by atoms with E-state index >= 15 is 0 Å². The number of fused-ring (bicyclic) bond motifs is 1. The lowest BCUT2D eigenvalue weighted by molar-refractivity contribution is -0.131. The Morgan fingerprint density at radius 2 is 1.70 bits per heavy atom. The van der Waals surface area contributed by atoms with Crippen molar-refractivity contribution in [2.45, 2.75) is 13.3 Å². The monoisotopic (exact) mass is 362 g/mol. The van der Waals surface area contributed by atoms with Crippen LogP contribution in [0.1, 0.15) is 21.7 Å². The molecule has 1 aromatic heterocycles. The summed E-state index contributed by atoms with van der Waals surface area (Å²) in [6.07, 6.45) is 0.362. The highest BCUT2D eigenvalue weighted by Crippen LogP contribution is 2.15. The summed E-state index contributed by atoms with van der Waals surface area (Å²) in [5.41, 5.74) is 3.53. The van der Waals surface area contributed by atoms with Crippen molar-refractivity contribution in [2.24, 2.45) is 0 Å². The third-order valence-corrected chi connectivity index (χ3v) is 4.96. The van der Waals surface area contributed by atoms with Crippen LogP contribution in [0.25, 0.3) is 11.0 Å². The average Bonchev–Trinajstić information content (AvgIpc) is 3.07. The van der Waals surface area contributed by atoms with Gasteiger partial charge in [-0.25, -0.2) is 4.98 Å². The number of carbonyl (C=O) groups excluding carboxylic acids is 2. The van der Waals surface area contributed by atoms with Gasteiger partial charge in [-0.2, -0.15) is 0 Å². The van der Waals surface area contributed by atoms with Gasteiger partial charge in [0, 0.05) is 31.7 Å². The molecule has 27 heavy (non-hydrogen) atoms. The molecule has 2 amide bonds. The summed E-state index contributed by atoms with van der Waals surface area (Å²) in [6, 6.07) is 15.2. The van der Waals surface area contributed by atoms with Crippen LogP contribution in [0.5, 0.6) is 0 Å². The van der Waals surface area contributed by atoms with Gasteiger partial charge in [-0.05, 0) is 36.8 Å². The number of aromatic nitrogens is 2. The number of nitrogens with zero attached hydrogens (tertiary/aromatic N) is 3. The molecule has 0 radical (unpaired) electrons. The van der Waals surface area contributed by atoms with Crippen LogP contribution in [0.2, 0.25) is 0 Å². The highest BCUT2D eigenvalue weighted by atomic mass is 16.2. The molecule has 0 aliphatic carbocycles. The summed E-state index contributed by atoms with van der Waals surface area (Å²) in [7, 11) is 0. The lowest BCUT2D eigenvalue weighted by Crippen LogP contribution is -2.51. The van der Waals surface area contributed by atoms with Gasteiger partial charge in [0.2, 0.25) is 5.91 Å². The molecule has 1 N–H and O–H groups in total. The van der Waals surface area contributed by atoms with Crippen molar-refractivity contribution in [2.75, 3.05) is 26.2 Å². The second-order valence-electron chi connectivity index (χ2n) is 6.89. The van der Waals surface area contributed by atoms with Crippen molar-refractivity contribution >= 4 is 22.8 Å². The van der Waals surface area contributed by atoms with Crippen LogP contribution in [-0.2, 0) is 11.2 Å². The number of imidazole rings is 1. The van der Waals surface area contributed by atoms with Gasteiger partial charge in [-0.15, -0.1) is 0 Å². The number of H-pyrrole nitrogens is 1. The quantitative estimate of drug-likeness (QED) is 0.778. The molecule has 1 aliphatic rings. The first-order valence-corrected chi connectivity index (χ1v) is 9.17. The molecule has 0 spiro atoms. The second-order valence-corrected chi connectivity index (χ2v) is 6.89. The van der Waals surface area contributed by atoms with Crippen LogP contribution >= 0.6 is 0 Å². The molecular weight excluding hydrogens is 340 g/mol. The van der Waals surface area contributed by atoms with E-state index in [-0.39, 0.29) is 11.8 Å². The molecule has 138 valence electrons. The Kier molecular flexibility index (Phi) is 4.62. The maximum Gasteiger partial charge on any atom is 0.253 e. The van der Waals surface area contributed by atoms with Crippen molar-refractivity contribution in [3.05, 3.63) is 65.5 Å². The Balaban J connectivity index is 1.36. The number of aryl methyl sites for hydroxylation is 1. The van der Waals surface area contributed by atoms with Crippen molar-refractivity contribution in [3.8, 4) is 0 Å². The maximum atomic E-state index is 12.7. The third kappa shape index (κ3) is 3.69. The van der Waals surface area contributed by atoms with Crippen LogP contribution in [0, 0.1) is 6.92 Å². The first-order valence-electron chi connectivity index (χ1n) is 9.17. The van der Waals surface area contributed by atoms with E-state index in [2.05, 4.69) is 9.97 Å². The first kappa shape index (κ1) is 17.3. The lowest BCUT2D eigenvalue weighted by Gasteiger charge is -2.35. The Morgan fingerprint density at radius 3 is 2.44 bits per heavy atom. The molecule has 6 nitrogen and oxygen atoms in total. The zero-order valence-electron chi connectivity index (χ0n) is 15.3. The summed E-state index contributed by atoms with van der Waals surface area (Å²) in [6.45, 7) is 4.20. The van der Waals surface area contributed by atoms with Crippen LogP contribution in [0.3, 0.4) is 0 Å². The van der Waals surface area contributed by atoms with E-state index in [9.17, 15) is 9.59 Å². The first-order chi connectivity index (χ1) is 13.1. The van der Waals surface area contributed by atoms with E-state index in [1.54, 1.807) is 0 Å². The molecule has 3 aromatic rings. The van der Waals surface area contributed by atoms with E-state index in [0.29, 0.717) is 38.2 Å². The summed E-state index contributed by atoms with van der Waals surface area (Å²) in [5.74, 6) is 0.993. The molecule has 2 aromatic carbocycles. The summed E-state index contributed by atoms with van der Waals surface area (Å²) >= 11 is 0. The molecule has 0 atom stereocenters. The number of aromatic amines is 1. The van der Waals surface area contributed by atoms with Gasteiger partial charge in [-0.3, -0.25) is 9.59 Å². The Morgan fingerprint density at radius 1 is 1.00 bits per heavy atom. The fraction of sp³-hybridized carbons (Fsp3) is 0.286. The minimum absolute atomic E-state index is 0.0303. The van der Waals surface area contributed by atoms with Crippen molar-refractivity contribution < 1.29 is 9.59 Å². The van der Waals surface area contributed by atoms with Crippen molar-refractivity contribution in [3.63, 3.8) is 0 Å². The highest BCUT2D eigenvalue weighted by molar-refractivity contribution is 5.94. The number of piperazine rings is 1. The molecule has 4 rings (SSSR count). The third-order valence-electron chi connectivity index (χ3n) is 4.96. The molecule has 2 heterocycles. The van der Waals surface area contributed by atoms with Gasteiger partial charge in [0.05, 0.1) is 17.5 Å². The molecule has 0 bridgehead atoms. The summed E-state index contributed by atoms with van der Waals surface area (Å²) < 4.78 is 0. The molecule has 1 aliphatic heterocycles. The Bertz CT molecular complexity index is 972. The van der Waals surface area contributed by atoms with E-state index in [4.69, 9.17) is 0 Å². The van der Waals surface area contributed by atoms with E-state index < -0.39 is 0 Å². The number of nitrogens with one attached hydrogen (secondary N) is 1. The van der Waals surface area contributed by atoms with E-state index in [1.165, 1.54) is 0 Å². The smallest absolute Gasteiger partial charge is 0.253 e. The van der Waals surface area contributed by atoms with Gasteiger partial charge in [-0.1, -0.05) is 24.3 Å². The van der Waals surface area contributed by atoms with Gasteiger partial charge in [0.15, 0.2) is 0 Å². The zero-order valence-corrected chi connectivity index (χ0v) is 15.3. The molecule has 1 saturated heterocycles. The fourth-order valence-corrected chi connectivity index (χ4v) is 3.50. The topological polar surface area (TPSA) is 69.3 Å². The molecule has 0 saturated carbocycles. The van der Waals surface area contributed by atoms with Crippen LogP contribution in [0.4, 0.5) is 0 Å². The SMILES string of the molecule is Cc1nc2ccc(CC(=O)N3CCN(C(=O)c4ccccc4)CC3)cc2[nH]1. The number of carbonyl (C=O) groups is 2. The lowest BCUT2D eigenvalue weighted by atomic mass is 10.1. The van der Waals surface area contributed by atoms with Gasteiger partial charge in [0.25, 0.3) is 5.91 Å². The second kappa shape index (κ2) is 7.23. The van der Waals surface area contributed by atoms with Gasteiger partial charge in [0.1, 0.15) is 5.82 Å². The highest BCUT2D eigenvalue weighted by Gasteiger charge is 2.24. The van der Waals surface area contributed by atoms with Crippen LogP contribution in [-0.4, -0.2) is 57.8 Å². The predicted molar refractivity (Wildman–Crippen MR) is 103 cm³/mol. The molecule has 0 unspecified atom stereocenters. The summed E-state index contributed by atoms with van der Waals surface area (Å²) in [4.78, 5) is 36.4. The maximum absolute atomic E-state index is 12.7. The predicted octanol–water partition coefficient (Wildman–Crippen LogP) is 2.40. The molecular formula is C21H22N4O2. The Labute approximate surface area is 157 Å². The molecule has 1 fully saturated rings. The van der Waals surface area contributed by atoms with E-state index in [1.807, 2.05) is 65.3 Å². The summed E-state index contributed by atoms with van der Waals surface area (Å²) in [5, 5.41) is 0. The zero-order chi connectivity index (χ0) is 18.8. The number of amides is 2. The minimum atomic E-state index is 0.0303. The standard InChI is InChI=1S/C21H22N4O2/c1-15-22-18-8-7-16(13-19(18)23-15)14-20(26)24-9-11-25(12-10-24)21(27)17-5-3-2-4-6-17/h2-8,13H,9-12,14H2,1H3,(H,22,23). The van der Waals surface area contributed by atoms with Gasteiger partial charge < -0.3 is 14.8 Å².